The maximum atomic E-state index is 12.4. The van der Waals surface area contributed by atoms with Crippen molar-refractivity contribution in [1.82, 2.24) is 5.32 Å². The monoisotopic (exact) mass is 418 g/mol. The van der Waals surface area contributed by atoms with Crippen LogP contribution < -0.4 is 16.4 Å². The van der Waals surface area contributed by atoms with E-state index in [1.54, 1.807) is 60.7 Å². The maximum absolute atomic E-state index is 12.4. The normalized spacial score (nSPS) is 10.1. The minimum absolute atomic E-state index is 0.248. The molecule has 0 aliphatic rings. The number of nitrogens with one attached hydrogen (secondary N) is 2. The number of primary amides is 1. The number of nitrogens with two attached hydrogens (primary N) is 1. The Hall–Kier alpha value is -3.82. The Morgan fingerprint density at radius 3 is 2.47 bits per heavy atom. The molecular formula is C23H19ClN4O2. The molecule has 0 saturated carbocycles. The van der Waals surface area contributed by atoms with E-state index in [2.05, 4.69) is 16.7 Å². The minimum Gasteiger partial charge on any atom is -0.381 e. The fourth-order valence-electron chi connectivity index (χ4n) is 2.90. The van der Waals surface area contributed by atoms with E-state index in [0.717, 1.165) is 11.1 Å². The summed E-state index contributed by atoms with van der Waals surface area (Å²) in [5.74, 6) is -0.741. The summed E-state index contributed by atoms with van der Waals surface area (Å²) >= 11 is 5.95. The molecule has 0 saturated heterocycles. The molecule has 0 aliphatic carbocycles. The Morgan fingerprint density at radius 1 is 0.967 bits per heavy atom. The second-order valence-electron chi connectivity index (χ2n) is 6.59. The molecule has 30 heavy (non-hydrogen) atoms. The summed E-state index contributed by atoms with van der Waals surface area (Å²) in [5.41, 5.74) is 9.11. The maximum Gasteiger partial charge on any atom is 0.251 e. The summed E-state index contributed by atoms with van der Waals surface area (Å²) in [7, 11) is 0. The molecule has 0 unspecified atom stereocenters. The highest BCUT2D eigenvalue weighted by Crippen LogP contribution is 2.20. The molecule has 0 spiro atoms. The van der Waals surface area contributed by atoms with Crippen molar-refractivity contribution in [3.05, 3.63) is 99.6 Å². The smallest absolute Gasteiger partial charge is 0.251 e. The van der Waals surface area contributed by atoms with Crippen LogP contribution in [-0.2, 0) is 13.1 Å². The van der Waals surface area contributed by atoms with Crippen LogP contribution in [0.5, 0.6) is 0 Å². The highest BCUT2D eigenvalue weighted by atomic mass is 35.5. The largest absolute Gasteiger partial charge is 0.381 e. The molecule has 0 atom stereocenters. The number of nitriles is 1. The van der Waals surface area contributed by atoms with Crippen LogP contribution in [0.25, 0.3) is 0 Å². The number of rotatable bonds is 7. The first-order valence-corrected chi connectivity index (χ1v) is 9.53. The lowest BCUT2D eigenvalue weighted by Crippen LogP contribution is -2.23. The van der Waals surface area contributed by atoms with Gasteiger partial charge >= 0.3 is 0 Å². The lowest BCUT2D eigenvalue weighted by molar-refractivity contribution is 0.0949. The molecule has 7 heteroatoms. The van der Waals surface area contributed by atoms with Crippen LogP contribution in [0, 0.1) is 11.3 Å². The number of amides is 2. The summed E-state index contributed by atoms with van der Waals surface area (Å²) in [6, 6.07) is 21.0. The van der Waals surface area contributed by atoms with Crippen molar-refractivity contribution >= 4 is 29.1 Å². The van der Waals surface area contributed by atoms with Gasteiger partial charge in [0.1, 0.15) is 0 Å². The lowest BCUT2D eigenvalue weighted by atomic mass is 10.1. The molecule has 3 aromatic carbocycles. The van der Waals surface area contributed by atoms with E-state index in [0.29, 0.717) is 33.9 Å². The van der Waals surface area contributed by atoms with Gasteiger partial charge in [0.2, 0.25) is 5.91 Å². The van der Waals surface area contributed by atoms with Crippen molar-refractivity contribution in [3.8, 4) is 6.07 Å². The molecule has 0 aliphatic heterocycles. The van der Waals surface area contributed by atoms with Crippen LogP contribution in [0.3, 0.4) is 0 Å². The van der Waals surface area contributed by atoms with Gasteiger partial charge in [-0.05, 0) is 53.6 Å². The van der Waals surface area contributed by atoms with Crippen molar-refractivity contribution in [1.29, 1.82) is 5.26 Å². The molecule has 2 amide bonds. The second kappa shape index (κ2) is 9.59. The van der Waals surface area contributed by atoms with E-state index in [4.69, 9.17) is 17.3 Å². The van der Waals surface area contributed by atoms with E-state index >= 15 is 0 Å². The van der Waals surface area contributed by atoms with Gasteiger partial charge in [-0.1, -0.05) is 35.9 Å². The fourth-order valence-corrected chi connectivity index (χ4v) is 3.09. The lowest BCUT2D eigenvalue weighted by Gasteiger charge is -2.14. The van der Waals surface area contributed by atoms with Gasteiger partial charge in [-0.25, -0.2) is 0 Å². The van der Waals surface area contributed by atoms with Crippen molar-refractivity contribution in [2.24, 2.45) is 5.73 Å². The Balaban J connectivity index is 1.74. The summed E-state index contributed by atoms with van der Waals surface area (Å²) in [5, 5.41) is 15.8. The molecule has 0 bridgehead atoms. The number of anilines is 1. The van der Waals surface area contributed by atoms with Crippen LogP contribution in [-0.4, -0.2) is 11.8 Å². The zero-order valence-corrected chi connectivity index (χ0v) is 16.7. The summed E-state index contributed by atoms with van der Waals surface area (Å²) in [6.45, 7) is 0.686. The van der Waals surface area contributed by atoms with Gasteiger partial charge in [-0.2, -0.15) is 5.26 Å². The number of hydrogen-bond acceptors (Lipinski definition) is 4. The zero-order chi connectivity index (χ0) is 21.5. The number of nitrogens with zero attached hydrogens (tertiary/aromatic N) is 1. The SMILES string of the molecule is N#Cc1ccc(CNC(=O)c2cccc(Cl)c2)c(NCc2cccc(C(N)=O)c2)c1. The van der Waals surface area contributed by atoms with E-state index in [1.807, 2.05) is 6.07 Å². The Morgan fingerprint density at radius 2 is 1.73 bits per heavy atom. The predicted octanol–water partition coefficient (Wildman–Crippen LogP) is 3.85. The van der Waals surface area contributed by atoms with Crippen LogP contribution in [0.1, 0.15) is 37.4 Å². The van der Waals surface area contributed by atoms with Gasteiger partial charge in [0.05, 0.1) is 11.6 Å². The van der Waals surface area contributed by atoms with Crippen molar-refractivity contribution in [3.63, 3.8) is 0 Å². The first-order valence-electron chi connectivity index (χ1n) is 9.15. The third-order valence-corrected chi connectivity index (χ3v) is 4.69. The van der Waals surface area contributed by atoms with E-state index in [-0.39, 0.29) is 12.5 Å². The van der Waals surface area contributed by atoms with Crippen molar-refractivity contribution < 1.29 is 9.59 Å². The van der Waals surface area contributed by atoms with Crippen molar-refractivity contribution in [2.75, 3.05) is 5.32 Å². The topological polar surface area (TPSA) is 108 Å². The van der Waals surface area contributed by atoms with Gasteiger partial charge in [0.15, 0.2) is 0 Å². The standard InChI is InChI=1S/C23H19ClN4O2/c24-20-6-2-5-18(11-20)23(30)28-14-19-8-7-15(12-25)10-21(19)27-13-16-3-1-4-17(9-16)22(26)29/h1-11,27H,13-14H2,(H2,26,29)(H,28,30). The molecule has 0 aromatic heterocycles. The Kier molecular flexibility index (Phi) is 6.68. The number of halogens is 1. The van der Waals surface area contributed by atoms with E-state index in [9.17, 15) is 14.9 Å². The summed E-state index contributed by atoms with van der Waals surface area (Å²) < 4.78 is 0. The quantitative estimate of drug-likeness (QED) is 0.541. The number of benzene rings is 3. The molecule has 4 N–H and O–H groups in total. The molecule has 150 valence electrons. The van der Waals surface area contributed by atoms with Gasteiger partial charge in [-0.3, -0.25) is 9.59 Å². The molecule has 3 rings (SSSR count). The number of hydrogen-bond donors (Lipinski definition) is 3. The highest BCUT2D eigenvalue weighted by Gasteiger charge is 2.09. The Bertz CT molecular complexity index is 1140. The van der Waals surface area contributed by atoms with Gasteiger partial charge < -0.3 is 16.4 Å². The van der Waals surface area contributed by atoms with Crippen molar-refractivity contribution in [2.45, 2.75) is 13.1 Å². The molecule has 0 radical (unpaired) electrons. The average molecular weight is 419 g/mol. The summed E-state index contributed by atoms with van der Waals surface area (Å²) in [4.78, 5) is 23.8. The molecule has 3 aromatic rings. The zero-order valence-electron chi connectivity index (χ0n) is 16.0. The molecule has 6 nitrogen and oxygen atoms in total. The molecule has 0 heterocycles. The van der Waals surface area contributed by atoms with Crippen LogP contribution in [0.15, 0.2) is 66.7 Å². The van der Waals surface area contributed by atoms with Crippen LogP contribution in [0.2, 0.25) is 5.02 Å². The van der Waals surface area contributed by atoms with Crippen LogP contribution >= 0.6 is 11.6 Å². The highest BCUT2D eigenvalue weighted by molar-refractivity contribution is 6.30. The second-order valence-corrected chi connectivity index (χ2v) is 7.03. The molecule has 0 fully saturated rings. The van der Waals surface area contributed by atoms with E-state index in [1.165, 1.54) is 0 Å². The number of carbonyl (C=O) groups excluding carboxylic acids is 2. The van der Waals surface area contributed by atoms with E-state index < -0.39 is 5.91 Å². The third-order valence-electron chi connectivity index (χ3n) is 4.46. The fraction of sp³-hybridized carbons (Fsp3) is 0.0870. The first-order chi connectivity index (χ1) is 14.5. The van der Waals surface area contributed by atoms with Gasteiger partial charge in [0.25, 0.3) is 5.91 Å². The minimum atomic E-state index is -0.493. The molecular weight excluding hydrogens is 400 g/mol. The van der Waals surface area contributed by atoms with Crippen LogP contribution in [0.4, 0.5) is 5.69 Å². The average Bonchev–Trinajstić information content (AvgIpc) is 2.76. The summed E-state index contributed by atoms with van der Waals surface area (Å²) in [6.07, 6.45) is 0. The predicted molar refractivity (Wildman–Crippen MR) is 116 cm³/mol. The van der Waals surface area contributed by atoms with Gasteiger partial charge in [-0.15, -0.1) is 0 Å². The first kappa shape index (κ1) is 20.9. The third kappa shape index (κ3) is 5.37. The number of carbonyl (C=O) groups is 2. The Labute approximate surface area is 179 Å². The van der Waals surface area contributed by atoms with Gasteiger partial charge in [0, 0.05) is 34.9 Å².